The number of halogens is 4. The van der Waals surface area contributed by atoms with Gasteiger partial charge in [-0.05, 0) is 48.9 Å². The number of nitrogens with one attached hydrogen (secondary N) is 1. The van der Waals surface area contributed by atoms with Crippen molar-refractivity contribution >= 4 is 5.91 Å². The second-order valence-electron chi connectivity index (χ2n) is 5.13. The van der Waals surface area contributed by atoms with Crippen LogP contribution in [0.1, 0.15) is 18.1 Å². The van der Waals surface area contributed by atoms with Crippen molar-refractivity contribution in [2.24, 2.45) is 0 Å². The largest absolute Gasteiger partial charge is 0.481 e. The number of rotatable bonds is 5. The summed E-state index contributed by atoms with van der Waals surface area (Å²) in [6, 6.07) is 9.87. The highest BCUT2D eigenvalue weighted by Gasteiger charge is 2.30. The first-order valence-electron chi connectivity index (χ1n) is 7.12. The van der Waals surface area contributed by atoms with Crippen molar-refractivity contribution < 1.29 is 27.1 Å². The molecule has 0 heterocycles. The Balaban J connectivity index is 1.91. The van der Waals surface area contributed by atoms with E-state index >= 15 is 0 Å². The number of alkyl halides is 3. The lowest BCUT2D eigenvalue weighted by Gasteiger charge is -2.15. The van der Waals surface area contributed by atoms with Gasteiger partial charge in [0.2, 0.25) is 0 Å². The Morgan fingerprint density at radius 3 is 2.46 bits per heavy atom. The summed E-state index contributed by atoms with van der Waals surface area (Å²) in [6.45, 7) is 1.44. The summed E-state index contributed by atoms with van der Waals surface area (Å²) in [5, 5.41) is 2.50. The number of ether oxygens (including phenoxy) is 1. The monoisotopic (exact) mass is 341 g/mol. The number of hydrogen-bond donors (Lipinski definition) is 1. The maximum atomic E-state index is 12.8. The summed E-state index contributed by atoms with van der Waals surface area (Å²) in [7, 11) is 0. The van der Waals surface area contributed by atoms with Crippen molar-refractivity contribution in [2.75, 3.05) is 0 Å². The van der Waals surface area contributed by atoms with Gasteiger partial charge in [-0.1, -0.05) is 12.1 Å². The third-order valence-electron chi connectivity index (χ3n) is 3.22. The summed E-state index contributed by atoms with van der Waals surface area (Å²) < 4.78 is 56.0. The molecular formula is C17H15F4NO2. The Hall–Kier alpha value is -2.57. The lowest BCUT2D eigenvalue weighted by atomic mass is 10.1. The lowest BCUT2D eigenvalue weighted by Crippen LogP contribution is -2.35. The van der Waals surface area contributed by atoms with Gasteiger partial charge >= 0.3 is 6.18 Å². The number of carbonyl (C=O) groups is 1. The van der Waals surface area contributed by atoms with Gasteiger partial charge in [0.25, 0.3) is 5.91 Å². The molecule has 2 rings (SSSR count). The van der Waals surface area contributed by atoms with E-state index in [0.717, 1.165) is 12.1 Å². The molecule has 1 amide bonds. The number of benzene rings is 2. The molecule has 3 nitrogen and oxygen atoms in total. The van der Waals surface area contributed by atoms with E-state index in [0.29, 0.717) is 11.3 Å². The molecule has 0 aliphatic carbocycles. The van der Waals surface area contributed by atoms with Crippen LogP contribution in [0.2, 0.25) is 0 Å². The molecule has 0 aliphatic heterocycles. The van der Waals surface area contributed by atoms with E-state index in [2.05, 4.69) is 5.32 Å². The third kappa shape index (κ3) is 4.97. The van der Waals surface area contributed by atoms with Crippen molar-refractivity contribution in [2.45, 2.75) is 25.7 Å². The van der Waals surface area contributed by atoms with Gasteiger partial charge in [0.15, 0.2) is 6.10 Å². The molecule has 1 N–H and O–H groups in total. The minimum absolute atomic E-state index is 0.0557. The Bertz CT molecular complexity index is 698. The molecule has 0 radical (unpaired) electrons. The van der Waals surface area contributed by atoms with E-state index in [1.807, 2.05) is 0 Å². The quantitative estimate of drug-likeness (QED) is 0.837. The Kier molecular flexibility index (Phi) is 5.43. The predicted molar refractivity (Wildman–Crippen MR) is 79.8 cm³/mol. The summed E-state index contributed by atoms with van der Waals surface area (Å²) in [5.41, 5.74) is -0.447. The van der Waals surface area contributed by atoms with E-state index in [9.17, 15) is 22.4 Å². The van der Waals surface area contributed by atoms with Crippen molar-refractivity contribution in [1.82, 2.24) is 5.32 Å². The second-order valence-corrected chi connectivity index (χ2v) is 5.13. The van der Waals surface area contributed by atoms with Crippen LogP contribution in [0.5, 0.6) is 5.75 Å². The normalized spacial score (nSPS) is 12.5. The molecule has 0 fully saturated rings. The van der Waals surface area contributed by atoms with Crippen LogP contribution in [0.25, 0.3) is 0 Å². The van der Waals surface area contributed by atoms with E-state index < -0.39 is 29.6 Å². The van der Waals surface area contributed by atoms with Crippen LogP contribution >= 0.6 is 0 Å². The van der Waals surface area contributed by atoms with Crippen LogP contribution in [-0.4, -0.2) is 12.0 Å². The SMILES string of the molecule is C[C@@H](Oc1ccc(F)cc1)C(=O)NCc1cccc(C(F)(F)F)c1. The first-order chi connectivity index (χ1) is 11.3. The van der Waals surface area contributed by atoms with Gasteiger partial charge in [0.1, 0.15) is 11.6 Å². The van der Waals surface area contributed by atoms with Crippen LogP contribution in [-0.2, 0) is 17.5 Å². The Morgan fingerprint density at radius 2 is 1.83 bits per heavy atom. The van der Waals surface area contributed by atoms with Crippen LogP contribution < -0.4 is 10.1 Å². The topological polar surface area (TPSA) is 38.3 Å². The van der Waals surface area contributed by atoms with E-state index in [1.54, 1.807) is 0 Å². The lowest BCUT2D eigenvalue weighted by molar-refractivity contribution is -0.137. The number of amides is 1. The molecule has 0 spiro atoms. The van der Waals surface area contributed by atoms with Crippen molar-refractivity contribution in [1.29, 1.82) is 0 Å². The average Bonchev–Trinajstić information content (AvgIpc) is 2.54. The zero-order valence-electron chi connectivity index (χ0n) is 12.7. The first kappa shape index (κ1) is 17.8. The fraction of sp³-hybridized carbons (Fsp3) is 0.235. The van der Waals surface area contributed by atoms with Crippen molar-refractivity contribution in [3.63, 3.8) is 0 Å². The first-order valence-corrected chi connectivity index (χ1v) is 7.12. The fourth-order valence-electron chi connectivity index (χ4n) is 1.96. The maximum Gasteiger partial charge on any atom is 0.416 e. The molecule has 24 heavy (non-hydrogen) atoms. The van der Waals surface area contributed by atoms with Gasteiger partial charge in [-0.15, -0.1) is 0 Å². The molecule has 0 bridgehead atoms. The maximum absolute atomic E-state index is 12.8. The number of hydrogen-bond acceptors (Lipinski definition) is 2. The molecule has 0 saturated carbocycles. The van der Waals surface area contributed by atoms with Crippen LogP contribution in [0.3, 0.4) is 0 Å². The van der Waals surface area contributed by atoms with Crippen LogP contribution in [0.4, 0.5) is 17.6 Å². The van der Waals surface area contributed by atoms with Gasteiger partial charge in [0, 0.05) is 6.54 Å². The van der Waals surface area contributed by atoms with Gasteiger partial charge in [-0.3, -0.25) is 4.79 Å². The standard InChI is InChI=1S/C17H15F4NO2/c1-11(24-15-7-5-14(18)6-8-15)16(23)22-10-12-3-2-4-13(9-12)17(19,20)21/h2-9,11H,10H2,1H3,(H,22,23)/t11-/m1/s1. The minimum atomic E-state index is -4.43. The minimum Gasteiger partial charge on any atom is -0.481 e. The van der Waals surface area contributed by atoms with E-state index in [1.165, 1.54) is 43.3 Å². The fourth-order valence-corrected chi connectivity index (χ4v) is 1.96. The average molecular weight is 341 g/mol. The number of carbonyl (C=O) groups excluding carboxylic acids is 1. The van der Waals surface area contributed by atoms with Crippen LogP contribution in [0.15, 0.2) is 48.5 Å². The molecule has 1 atom stereocenters. The zero-order valence-corrected chi connectivity index (χ0v) is 12.7. The summed E-state index contributed by atoms with van der Waals surface area (Å²) in [4.78, 5) is 11.9. The molecular weight excluding hydrogens is 326 g/mol. The van der Waals surface area contributed by atoms with E-state index in [-0.39, 0.29) is 6.54 Å². The van der Waals surface area contributed by atoms with Crippen LogP contribution in [0, 0.1) is 5.82 Å². The molecule has 128 valence electrons. The van der Waals surface area contributed by atoms with Gasteiger partial charge in [-0.25, -0.2) is 4.39 Å². The third-order valence-corrected chi connectivity index (χ3v) is 3.22. The van der Waals surface area contributed by atoms with Crippen molar-refractivity contribution in [3.05, 3.63) is 65.5 Å². The summed E-state index contributed by atoms with van der Waals surface area (Å²) in [6.07, 6.45) is -5.31. The highest BCUT2D eigenvalue weighted by molar-refractivity contribution is 5.80. The van der Waals surface area contributed by atoms with Gasteiger partial charge < -0.3 is 10.1 Å². The molecule has 0 aliphatic rings. The van der Waals surface area contributed by atoms with Gasteiger partial charge in [0.05, 0.1) is 5.56 Å². The molecule has 7 heteroatoms. The highest BCUT2D eigenvalue weighted by atomic mass is 19.4. The molecule has 0 unspecified atom stereocenters. The molecule has 0 aromatic heterocycles. The predicted octanol–water partition coefficient (Wildman–Crippen LogP) is 3.93. The van der Waals surface area contributed by atoms with Crippen molar-refractivity contribution in [3.8, 4) is 5.75 Å². The van der Waals surface area contributed by atoms with E-state index in [4.69, 9.17) is 4.74 Å². The molecule has 2 aromatic rings. The smallest absolute Gasteiger partial charge is 0.416 e. The summed E-state index contributed by atoms with van der Waals surface area (Å²) in [5.74, 6) is -0.598. The molecule has 0 saturated heterocycles. The van der Waals surface area contributed by atoms with Gasteiger partial charge in [-0.2, -0.15) is 13.2 Å². The second kappa shape index (κ2) is 7.33. The Morgan fingerprint density at radius 1 is 1.17 bits per heavy atom. The highest BCUT2D eigenvalue weighted by Crippen LogP contribution is 2.29. The summed E-state index contributed by atoms with van der Waals surface area (Å²) >= 11 is 0. The zero-order chi connectivity index (χ0) is 17.7. The Labute approximate surface area is 136 Å². The molecule has 2 aromatic carbocycles.